The number of carbonyl (C=O) groups excluding carboxylic acids is 1. The van der Waals surface area contributed by atoms with Gasteiger partial charge in [0.15, 0.2) is 6.29 Å². The first-order valence-corrected chi connectivity index (χ1v) is 6.09. The van der Waals surface area contributed by atoms with E-state index in [-0.39, 0.29) is 0 Å². The average Bonchev–Trinajstić information content (AvgIpc) is 2.30. The monoisotopic (exact) mass is 276 g/mol. The third-order valence-corrected chi connectivity index (χ3v) is 2.55. The van der Waals surface area contributed by atoms with Gasteiger partial charge >= 0.3 is 0 Å². The average molecular weight is 277 g/mol. The number of carbonyl (C=O) groups is 1. The fourth-order valence-corrected chi connectivity index (χ4v) is 1.86. The quantitative estimate of drug-likeness (QED) is 0.564. The fourth-order valence-electron chi connectivity index (χ4n) is 1.30. The van der Waals surface area contributed by atoms with Crippen LogP contribution in [-0.2, 0) is 4.74 Å². The molecule has 0 aromatic heterocycles. The summed E-state index contributed by atoms with van der Waals surface area (Å²) < 4.78 is 10.6. The highest BCUT2D eigenvalue weighted by Crippen LogP contribution is 2.31. The van der Waals surface area contributed by atoms with E-state index in [0.29, 0.717) is 47.5 Å². The van der Waals surface area contributed by atoms with E-state index in [2.05, 4.69) is 0 Å². The zero-order chi connectivity index (χ0) is 12.7. The Morgan fingerprint density at radius 1 is 1.29 bits per heavy atom. The molecule has 0 amide bonds. The molecule has 0 fully saturated rings. The maximum Gasteiger partial charge on any atom is 0.153 e. The molecule has 1 aromatic carbocycles. The predicted molar refractivity (Wildman–Crippen MR) is 68.5 cm³/mol. The summed E-state index contributed by atoms with van der Waals surface area (Å²) in [4.78, 5) is 10.8. The van der Waals surface area contributed by atoms with Crippen molar-refractivity contribution in [2.24, 2.45) is 0 Å². The number of ether oxygens (including phenoxy) is 2. The van der Waals surface area contributed by atoms with Crippen LogP contribution in [0.5, 0.6) is 5.75 Å². The highest BCUT2D eigenvalue weighted by Gasteiger charge is 2.09. The molecule has 0 saturated heterocycles. The van der Waals surface area contributed by atoms with Gasteiger partial charge in [0.25, 0.3) is 0 Å². The third kappa shape index (κ3) is 4.54. The van der Waals surface area contributed by atoms with Crippen molar-refractivity contribution in [2.45, 2.75) is 13.3 Å². The standard InChI is InChI=1S/C12H14Cl2O3/c1-2-16-4-3-5-17-12-9(8-15)6-10(13)7-11(12)14/h6-8H,2-5H2,1H3. The van der Waals surface area contributed by atoms with Crippen LogP contribution >= 0.6 is 23.2 Å². The number of hydrogen-bond donors (Lipinski definition) is 0. The summed E-state index contributed by atoms with van der Waals surface area (Å²) in [7, 11) is 0. The molecule has 0 N–H and O–H groups in total. The summed E-state index contributed by atoms with van der Waals surface area (Å²) in [6.45, 7) is 3.68. The zero-order valence-corrected chi connectivity index (χ0v) is 11.1. The molecule has 1 aromatic rings. The lowest BCUT2D eigenvalue weighted by atomic mass is 10.2. The van der Waals surface area contributed by atoms with E-state index in [1.165, 1.54) is 6.07 Å². The third-order valence-electron chi connectivity index (χ3n) is 2.05. The van der Waals surface area contributed by atoms with Crippen molar-refractivity contribution in [2.75, 3.05) is 19.8 Å². The zero-order valence-electron chi connectivity index (χ0n) is 9.54. The highest BCUT2D eigenvalue weighted by atomic mass is 35.5. The van der Waals surface area contributed by atoms with Gasteiger partial charge in [0.2, 0.25) is 0 Å². The Kier molecular flexibility index (Phi) is 6.34. The maximum atomic E-state index is 10.8. The van der Waals surface area contributed by atoms with E-state index >= 15 is 0 Å². The Bertz CT molecular complexity index is 380. The molecule has 0 atom stereocenters. The molecule has 3 nitrogen and oxygen atoms in total. The van der Waals surface area contributed by atoms with Crippen molar-refractivity contribution in [1.82, 2.24) is 0 Å². The van der Waals surface area contributed by atoms with E-state index in [1.54, 1.807) is 6.07 Å². The molecular weight excluding hydrogens is 263 g/mol. The number of hydrogen-bond acceptors (Lipinski definition) is 3. The minimum atomic E-state index is 0.344. The Labute approximate surface area is 111 Å². The van der Waals surface area contributed by atoms with Crippen LogP contribution in [0.4, 0.5) is 0 Å². The van der Waals surface area contributed by atoms with E-state index in [4.69, 9.17) is 32.7 Å². The van der Waals surface area contributed by atoms with E-state index in [1.807, 2.05) is 6.92 Å². The van der Waals surface area contributed by atoms with Crippen LogP contribution in [0.25, 0.3) is 0 Å². The van der Waals surface area contributed by atoms with E-state index < -0.39 is 0 Å². The SMILES string of the molecule is CCOCCCOc1c(Cl)cc(Cl)cc1C=O. The lowest BCUT2D eigenvalue weighted by molar-refractivity contribution is 0.111. The van der Waals surface area contributed by atoms with Crippen molar-refractivity contribution in [3.8, 4) is 5.75 Å². The lowest BCUT2D eigenvalue weighted by Gasteiger charge is -2.10. The summed E-state index contributed by atoms with van der Waals surface area (Å²) >= 11 is 11.7. The van der Waals surface area contributed by atoms with Gasteiger partial charge in [-0.3, -0.25) is 4.79 Å². The predicted octanol–water partition coefficient (Wildman–Crippen LogP) is 3.61. The number of halogens is 2. The number of aldehydes is 1. The molecule has 0 bridgehead atoms. The molecule has 0 heterocycles. The number of rotatable bonds is 7. The van der Waals surface area contributed by atoms with Crippen molar-refractivity contribution in [3.05, 3.63) is 27.7 Å². The van der Waals surface area contributed by atoms with Gasteiger partial charge in [0.1, 0.15) is 5.75 Å². The Morgan fingerprint density at radius 2 is 2.06 bits per heavy atom. The minimum Gasteiger partial charge on any atom is -0.491 e. The molecule has 17 heavy (non-hydrogen) atoms. The first-order chi connectivity index (χ1) is 8.19. The molecule has 0 saturated carbocycles. The Hall–Kier alpha value is -0.770. The maximum absolute atomic E-state index is 10.8. The second kappa shape index (κ2) is 7.54. The molecule has 0 spiro atoms. The minimum absolute atomic E-state index is 0.344. The van der Waals surface area contributed by atoms with Crippen molar-refractivity contribution < 1.29 is 14.3 Å². The van der Waals surface area contributed by atoms with E-state index in [9.17, 15) is 4.79 Å². The van der Waals surface area contributed by atoms with Gasteiger partial charge < -0.3 is 9.47 Å². The summed E-state index contributed by atoms with van der Waals surface area (Å²) in [5, 5.41) is 0.759. The van der Waals surface area contributed by atoms with Crippen LogP contribution < -0.4 is 4.74 Å². The summed E-state index contributed by atoms with van der Waals surface area (Å²) in [6.07, 6.45) is 1.42. The molecule has 0 aliphatic carbocycles. The number of benzene rings is 1. The van der Waals surface area contributed by atoms with Gasteiger partial charge in [0, 0.05) is 24.7 Å². The van der Waals surface area contributed by atoms with Crippen molar-refractivity contribution in [3.63, 3.8) is 0 Å². The Balaban J connectivity index is 2.60. The second-order valence-electron chi connectivity index (χ2n) is 3.32. The second-order valence-corrected chi connectivity index (χ2v) is 4.17. The van der Waals surface area contributed by atoms with Crippen molar-refractivity contribution >= 4 is 29.5 Å². The van der Waals surface area contributed by atoms with Gasteiger partial charge in [-0.25, -0.2) is 0 Å². The van der Waals surface area contributed by atoms with Crippen LogP contribution in [0.2, 0.25) is 10.0 Å². The van der Waals surface area contributed by atoms with Crippen LogP contribution in [0.15, 0.2) is 12.1 Å². The van der Waals surface area contributed by atoms with Gasteiger partial charge in [-0.15, -0.1) is 0 Å². The van der Waals surface area contributed by atoms with Gasteiger partial charge in [-0.1, -0.05) is 23.2 Å². The normalized spacial score (nSPS) is 10.3. The molecule has 0 radical (unpaired) electrons. The van der Waals surface area contributed by atoms with Gasteiger partial charge in [0.05, 0.1) is 17.2 Å². The summed E-state index contributed by atoms with van der Waals surface area (Å²) in [6, 6.07) is 3.08. The molecule has 94 valence electrons. The lowest BCUT2D eigenvalue weighted by Crippen LogP contribution is -2.04. The Morgan fingerprint density at radius 3 is 2.71 bits per heavy atom. The molecule has 5 heteroatoms. The largest absolute Gasteiger partial charge is 0.491 e. The van der Waals surface area contributed by atoms with E-state index in [0.717, 1.165) is 6.42 Å². The smallest absolute Gasteiger partial charge is 0.153 e. The highest BCUT2D eigenvalue weighted by molar-refractivity contribution is 6.36. The summed E-state index contributed by atoms with van der Waals surface area (Å²) in [5.41, 5.74) is 0.360. The molecule has 0 aliphatic heterocycles. The van der Waals surface area contributed by atoms with Gasteiger partial charge in [-0.05, 0) is 19.1 Å². The van der Waals surface area contributed by atoms with Gasteiger partial charge in [-0.2, -0.15) is 0 Å². The topological polar surface area (TPSA) is 35.5 Å². The van der Waals surface area contributed by atoms with Crippen LogP contribution in [-0.4, -0.2) is 26.1 Å². The van der Waals surface area contributed by atoms with Crippen LogP contribution in [0.3, 0.4) is 0 Å². The first-order valence-electron chi connectivity index (χ1n) is 5.33. The molecule has 0 aliphatic rings. The van der Waals surface area contributed by atoms with Crippen LogP contribution in [0, 0.1) is 0 Å². The summed E-state index contributed by atoms with van der Waals surface area (Å²) in [5.74, 6) is 0.377. The first kappa shape index (κ1) is 14.3. The fraction of sp³-hybridized carbons (Fsp3) is 0.417. The van der Waals surface area contributed by atoms with Crippen LogP contribution in [0.1, 0.15) is 23.7 Å². The molecular formula is C12H14Cl2O3. The van der Waals surface area contributed by atoms with Crippen molar-refractivity contribution in [1.29, 1.82) is 0 Å². The molecule has 0 unspecified atom stereocenters. The molecule has 1 rings (SSSR count).